The number of aromatic nitrogens is 3. The average Bonchev–Trinajstić information content (AvgIpc) is 3.46. The van der Waals surface area contributed by atoms with Crippen molar-refractivity contribution in [2.75, 3.05) is 6.61 Å². The van der Waals surface area contributed by atoms with Crippen LogP contribution in [0.4, 0.5) is 0 Å². The van der Waals surface area contributed by atoms with Gasteiger partial charge in [-0.05, 0) is 43.2 Å². The van der Waals surface area contributed by atoms with Gasteiger partial charge in [0.1, 0.15) is 11.3 Å². The summed E-state index contributed by atoms with van der Waals surface area (Å²) < 4.78 is 13.6. The zero-order valence-corrected chi connectivity index (χ0v) is 18.8. The minimum Gasteiger partial charge on any atom is -0.494 e. The van der Waals surface area contributed by atoms with Crippen molar-refractivity contribution in [2.45, 2.75) is 33.1 Å². The summed E-state index contributed by atoms with van der Waals surface area (Å²) in [7, 11) is 0. The van der Waals surface area contributed by atoms with Crippen LogP contribution >= 0.6 is 11.3 Å². The zero-order valence-electron chi connectivity index (χ0n) is 18.0. The minimum atomic E-state index is -0.183. The fraction of sp³-hybridized carbons (Fsp3) is 0.240. The second-order valence-corrected chi connectivity index (χ2v) is 8.73. The van der Waals surface area contributed by atoms with Crippen molar-refractivity contribution in [2.24, 2.45) is 0 Å². The van der Waals surface area contributed by atoms with Crippen molar-refractivity contribution in [3.8, 4) is 17.3 Å². The van der Waals surface area contributed by atoms with Crippen LogP contribution in [0.1, 0.15) is 37.3 Å². The van der Waals surface area contributed by atoms with Crippen molar-refractivity contribution in [3.05, 3.63) is 74.5 Å². The first-order valence-electron chi connectivity index (χ1n) is 10.8. The fourth-order valence-electron chi connectivity index (χ4n) is 3.67. The normalized spacial score (nSPS) is 12.2. The smallest absolute Gasteiger partial charge is 0.291 e. The van der Waals surface area contributed by atoms with E-state index in [2.05, 4.69) is 17.0 Å². The molecule has 32 heavy (non-hydrogen) atoms. The SMILES string of the molecule is CCCCCOc1ccc(/C=c2/sc3nc(-c4oc5ccccc5c4C)nn3c2=O)cc1. The van der Waals surface area contributed by atoms with Crippen molar-refractivity contribution >= 4 is 33.3 Å². The molecule has 0 unspecified atom stereocenters. The highest BCUT2D eigenvalue weighted by Gasteiger charge is 2.18. The number of hydrogen-bond acceptors (Lipinski definition) is 6. The lowest BCUT2D eigenvalue weighted by Crippen LogP contribution is -2.23. The predicted octanol–water partition coefficient (Wildman–Crippen LogP) is 4.99. The second kappa shape index (κ2) is 8.59. The van der Waals surface area contributed by atoms with Gasteiger partial charge in [-0.1, -0.05) is 61.4 Å². The maximum atomic E-state index is 12.9. The molecule has 0 bridgehead atoms. The van der Waals surface area contributed by atoms with E-state index in [0.717, 1.165) is 40.9 Å². The molecule has 0 spiro atoms. The van der Waals surface area contributed by atoms with E-state index in [0.29, 0.717) is 21.1 Å². The van der Waals surface area contributed by atoms with Gasteiger partial charge < -0.3 is 9.15 Å². The van der Waals surface area contributed by atoms with Crippen molar-refractivity contribution in [1.82, 2.24) is 14.6 Å². The Morgan fingerprint density at radius 2 is 1.94 bits per heavy atom. The van der Waals surface area contributed by atoms with Gasteiger partial charge in [0.25, 0.3) is 5.56 Å². The van der Waals surface area contributed by atoms with E-state index in [9.17, 15) is 4.79 Å². The van der Waals surface area contributed by atoms with E-state index < -0.39 is 0 Å². The Kier molecular flexibility index (Phi) is 5.49. The molecule has 3 aromatic heterocycles. The molecule has 0 atom stereocenters. The molecule has 0 radical (unpaired) electrons. The predicted molar refractivity (Wildman–Crippen MR) is 127 cm³/mol. The van der Waals surface area contributed by atoms with Gasteiger partial charge in [-0.3, -0.25) is 4.79 Å². The molecule has 0 amide bonds. The number of aryl methyl sites for hydroxylation is 1. The summed E-state index contributed by atoms with van der Waals surface area (Å²) >= 11 is 1.32. The van der Waals surface area contributed by atoms with Crippen LogP contribution in [0.15, 0.2) is 57.7 Å². The monoisotopic (exact) mass is 445 g/mol. The molecule has 5 aromatic rings. The molecule has 2 aromatic carbocycles. The van der Waals surface area contributed by atoms with Gasteiger partial charge in [0, 0.05) is 10.9 Å². The van der Waals surface area contributed by atoms with Crippen LogP contribution in [-0.4, -0.2) is 21.2 Å². The number of unbranched alkanes of at least 4 members (excludes halogenated alkanes) is 2. The summed E-state index contributed by atoms with van der Waals surface area (Å²) in [5.74, 6) is 1.87. The largest absolute Gasteiger partial charge is 0.494 e. The van der Waals surface area contributed by atoms with Crippen LogP contribution in [0.25, 0.3) is 33.6 Å². The van der Waals surface area contributed by atoms with Crippen LogP contribution < -0.4 is 14.8 Å². The van der Waals surface area contributed by atoms with E-state index in [1.807, 2.05) is 61.5 Å². The number of thiazole rings is 1. The summed E-state index contributed by atoms with van der Waals surface area (Å²) in [4.78, 5) is 18.0. The third kappa shape index (κ3) is 3.80. The number of hydrogen-bond donors (Lipinski definition) is 0. The van der Waals surface area contributed by atoms with Crippen molar-refractivity contribution < 1.29 is 9.15 Å². The van der Waals surface area contributed by atoms with Gasteiger partial charge in [-0.15, -0.1) is 5.10 Å². The zero-order chi connectivity index (χ0) is 22.1. The van der Waals surface area contributed by atoms with Gasteiger partial charge in [-0.2, -0.15) is 9.50 Å². The first-order chi connectivity index (χ1) is 15.6. The molecule has 3 heterocycles. The molecule has 6 nitrogen and oxygen atoms in total. The molecule has 5 rings (SSSR count). The highest BCUT2D eigenvalue weighted by Crippen LogP contribution is 2.31. The van der Waals surface area contributed by atoms with Gasteiger partial charge in [0.2, 0.25) is 10.8 Å². The van der Waals surface area contributed by atoms with Crippen molar-refractivity contribution in [3.63, 3.8) is 0 Å². The molecule has 0 aliphatic heterocycles. The topological polar surface area (TPSA) is 69.6 Å². The molecule has 7 heteroatoms. The van der Waals surface area contributed by atoms with Crippen LogP contribution in [0, 0.1) is 6.92 Å². The van der Waals surface area contributed by atoms with Gasteiger partial charge in [0.05, 0.1) is 11.1 Å². The lowest BCUT2D eigenvalue weighted by Gasteiger charge is -2.05. The Bertz CT molecular complexity index is 1500. The molecular weight excluding hydrogens is 422 g/mol. The van der Waals surface area contributed by atoms with Crippen LogP contribution in [0.2, 0.25) is 0 Å². The molecular formula is C25H23N3O3S. The summed E-state index contributed by atoms with van der Waals surface area (Å²) in [5, 5.41) is 5.46. The average molecular weight is 446 g/mol. The van der Waals surface area contributed by atoms with E-state index in [4.69, 9.17) is 9.15 Å². The number of benzene rings is 2. The molecule has 162 valence electrons. The Morgan fingerprint density at radius 3 is 2.69 bits per heavy atom. The van der Waals surface area contributed by atoms with E-state index in [1.54, 1.807) is 0 Å². The Hall–Kier alpha value is -3.45. The van der Waals surface area contributed by atoms with E-state index in [1.165, 1.54) is 28.7 Å². The van der Waals surface area contributed by atoms with Gasteiger partial charge in [0.15, 0.2) is 5.76 Å². The highest BCUT2D eigenvalue weighted by atomic mass is 32.1. The number of ether oxygens (including phenoxy) is 1. The summed E-state index contributed by atoms with van der Waals surface area (Å²) in [6.07, 6.45) is 5.26. The van der Waals surface area contributed by atoms with Gasteiger partial charge in [-0.25, -0.2) is 0 Å². The van der Waals surface area contributed by atoms with Crippen molar-refractivity contribution in [1.29, 1.82) is 0 Å². The summed E-state index contributed by atoms with van der Waals surface area (Å²) in [6, 6.07) is 15.6. The Morgan fingerprint density at radius 1 is 1.12 bits per heavy atom. The third-order valence-electron chi connectivity index (χ3n) is 5.42. The number of fused-ring (bicyclic) bond motifs is 2. The summed E-state index contributed by atoms with van der Waals surface area (Å²) in [5.41, 5.74) is 2.50. The number of para-hydroxylation sites is 1. The van der Waals surface area contributed by atoms with Crippen LogP contribution in [-0.2, 0) is 0 Å². The molecule has 0 saturated heterocycles. The maximum absolute atomic E-state index is 12.9. The lowest BCUT2D eigenvalue weighted by atomic mass is 10.1. The minimum absolute atomic E-state index is 0.183. The molecule has 0 saturated carbocycles. The second-order valence-electron chi connectivity index (χ2n) is 7.72. The lowest BCUT2D eigenvalue weighted by molar-refractivity contribution is 0.306. The Balaban J connectivity index is 1.42. The maximum Gasteiger partial charge on any atom is 0.291 e. The highest BCUT2D eigenvalue weighted by molar-refractivity contribution is 7.15. The molecule has 0 N–H and O–H groups in total. The molecule has 0 aliphatic rings. The number of nitrogens with zero attached hydrogens (tertiary/aromatic N) is 3. The Labute approximate surface area is 188 Å². The quantitative estimate of drug-likeness (QED) is 0.330. The molecule has 0 fully saturated rings. The number of rotatable bonds is 7. The summed E-state index contributed by atoms with van der Waals surface area (Å²) in [6.45, 7) is 4.88. The van der Waals surface area contributed by atoms with E-state index >= 15 is 0 Å². The fourth-order valence-corrected chi connectivity index (χ4v) is 4.58. The van der Waals surface area contributed by atoms with Crippen LogP contribution in [0.5, 0.6) is 5.75 Å². The first-order valence-corrected chi connectivity index (χ1v) is 11.6. The molecule has 0 aliphatic carbocycles. The van der Waals surface area contributed by atoms with E-state index in [-0.39, 0.29) is 5.56 Å². The first kappa shape index (κ1) is 20.5. The van der Waals surface area contributed by atoms with Gasteiger partial charge >= 0.3 is 0 Å². The number of furan rings is 1. The third-order valence-corrected chi connectivity index (χ3v) is 6.38. The van der Waals surface area contributed by atoms with Crippen LogP contribution in [0.3, 0.4) is 0 Å². The standard InChI is InChI=1S/C25H23N3O3S/c1-3-4-7-14-30-18-12-10-17(11-13-18)15-21-24(29)28-25(32-21)26-23(27-28)22-16(2)19-8-5-6-9-20(19)31-22/h5-6,8-13,15H,3-4,7,14H2,1-2H3/b21-15+.